The van der Waals surface area contributed by atoms with Crippen LogP contribution < -0.4 is 10.2 Å². The molecule has 0 bridgehead atoms. The molecule has 0 radical (unpaired) electrons. The third kappa shape index (κ3) is 3.02. The molecule has 1 aliphatic carbocycles. The molecule has 1 unspecified atom stereocenters. The topological polar surface area (TPSA) is 57.7 Å². The lowest BCUT2D eigenvalue weighted by atomic mass is 9.89. The summed E-state index contributed by atoms with van der Waals surface area (Å²) < 4.78 is 5.69. The van der Waals surface area contributed by atoms with Gasteiger partial charge in [0.25, 0.3) is 5.91 Å². The van der Waals surface area contributed by atoms with Crippen LogP contribution in [0.5, 0.6) is 5.75 Å². The van der Waals surface area contributed by atoms with Crippen molar-refractivity contribution in [2.24, 2.45) is 0 Å². The smallest absolute Gasteiger partial charge is 0.256 e. The van der Waals surface area contributed by atoms with E-state index in [1.54, 1.807) is 19.4 Å². The van der Waals surface area contributed by atoms with Crippen molar-refractivity contribution in [3.63, 3.8) is 0 Å². The number of nitrogens with zero attached hydrogens (tertiary/aromatic N) is 3. The number of nitrogens with one attached hydrogen (secondary N) is 1. The van der Waals surface area contributed by atoms with Crippen LogP contribution in [-0.2, 0) is 13.1 Å². The maximum absolute atomic E-state index is 12.7. The van der Waals surface area contributed by atoms with Gasteiger partial charge in [-0.05, 0) is 34.9 Å². The van der Waals surface area contributed by atoms with Crippen LogP contribution in [0.2, 0.25) is 0 Å². The highest BCUT2D eigenvalue weighted by molar-refractivity contribution is 5.97. The van der Waals surface area contributed by atoms with Gasteiger partial charge >= 0.3 is 0 Å². The number of ether oxygens (including phenoxy) is 1. The molecule has 1 aromatic carbocycles. The molecule has 3 aliphatic rings. The lowest BCUT2D eigenvalue weighted by Gasteiger charge is -2.21. The van der Waals surface area contributed by atoms with Crippen molar-refractivity contribution in [3.8, 4) is 5.75 Å². The molecule has 146 valence electrons. The minimum Gasteiger partial charge on any atom is -0.496 e. The van der Waals surface area contributed by atoms with Crippen molar-refractivity contribution in [2.75, 3.05) is 14.2 Å². The second-order valence-electron chi connectivity index (χ2n) is 7.45. The fourth-order valence-electron chi connectivity index (χ4n) is 4.18. The molecule has 6 nitrogen and oxygen atoms in total. The normalized spacial score (nSPS) is 19.8. The van der Waals surface area contributed by atoms with Crippen LogP contribution in [0.3, 0.4) is 0 Å². The Labute approximate surface area is 169 Å². The van der Waals surface area contributed by atoms with Crippen LogP contribution in [0.4, 0.5) is 0 Å². The fourth-order valence-corrected chi connectivity index (χ4v) is 4.18. The standard InChI is InChI=1S/C23H22N4O2/c1-26-13-19-17(5-3-7-20(19)25-26)15-8-9-16(22(11-15)29-2)12-27-14-21-18(23(27)28)6-4-10-24-21/h3-11,13,20,25H,12,14H2,1-2H3. The number of carbonyl (C=O) groups excluding carboxylic acids is 1. The molecule has 5 rings (SSSR count). The second-order valence-corrected chi connectivity index (χ2v) is 7.45. The Morgan fingerprint density at radius 2 is 2.21 bits per heavy atom. The molecule has 1 N–H and O–H groups in total. The van der Waals surface area contributed by atoms with Crippen molar-refractivity contribution < 1.29 is 9.53 Å². The van der Waals surface area contributed by atoms with Gasteiger partial charge in [-0.1, -0.05) is 30.4 Å². The van der Waals surface area contributed by atoms with E-state index < -0.39 is 0 Å². The number of fused-ring (bicyclic) bond motifs is 2. The SMILES string of the molecule is COc1cc(C2=CC=CC3NN(C)C=C23)ccc1CN1Cc2ncccc2C1=O. The Hall–Kier alpha value is -3.38. The third-order valence-corrected chi connectivity index (χ3v) is 5.60. The zero-order chi connectivity index (χ0) is 20.0. The van der Waals surface area contributed by atoms with Gasteiger partial charge in [-0.15, -0.1) is 0 Å². The Bertz CT molecular complexity index is 1090. The highest BCUT2D eigenvalue weighted by atomic mass is 16.5. The molecule has 1 atom stereocenters. The van der Waals surface area contributed by atoms with Gasteiger partial charge in [0.05, 0.1) is 37.5 Å². The fraction of sp³-hybridized carbons (Fsp3) is 0.217. The van der Waals surface area contributed by atoms with Crippen molar-refractivity contribution in [1.82, 2.24) is 20.3 Å². The Morgan fingerprint density at radius 1 is 1.31 bits per heavy atom. The Kier molecular flexibility index (Phi) is 4.21. The Balaban J connectivity index is 1.42. The zero-order valence-electron chi connectivity index (χ0n) is 16.4. The van der Waals surface area contributed by atoms with Crippen molar-refractivity contribution >= 4 is 11.5 Å². The summed E-state index contributed by atoms with van der Waals surface area (Å²) in [4.78, 5) is 18.8. The number of hydrazine groups is 1. The molecular formula is C23H22N4O2. The van der Waals surface area contributed by atoms with Crippen LogP contribution in [-0.4, -0.2) is 41.0 Å². The van der Waals surface area contributed by atoms with Gasteiger partial charge in [0.1, 0.15) is 5.75 Å². The number of hydrogen-bond acceptors (Lipinski definition) is 5. The molecule has 2 aliphatic heterocycles. The quantitative estimate of drug-likeness (QED) is 0.876. The summed E-state index contributed by atoms with van der Waals surface area (Å²) >= 11 is 0. The molecular weight excluding hydrogens is 364 g/mol. The zero-order valence-corrected chi connectivity index (χ0v) is 16.4. The molecule has 1 amide bonds. The van der Waals surface area contributed by atoms with Crippen LogP contribution in [0.15, 0.2) is 66.5 Å². The minimum atomic E-state index is 0.0208. The van der Waals surface area contributed by atoms with E-state index in [2.05, 4.69) is 53.0 Å². The molecule has 2 aromatic rings. The van der Waals surface area contributed by atoms with E-state index in [0.717, 1.165) is 22.6 Å². The average molecular weight is 386 g/mol. The van der Waals surface area contributed by atoms with Crippen LogP contribution >= 0.6 is 0 Å². The number of allylic oxidation sites excluding steroid dienone is 2. The highest BCUT2D eigenvalue weighted by Crippen LogP contribution is 2.35. The second kappa shape index (κ2) is 6.90. The average Bonchev–Trinajstić information content (AvgIpc) is 3.27. The number of benzene rings is 1. The first kappa shape index (κ1) is 17.7. The molecule has 29 heavy (non-hydrogen) atoms. The van der Waals surface area contributed by atoms with Crippen molar-refractivity contribution in [1.29, 1.82) is 0 Å². The maximum Gasteiger partial charge on any atom is 0.256 e. The summed E-state index contributed by atoms with van der Waals surface area (Å²) in [6.07, 6.45) is 10.2. The van der Waals surface area contributed by atoms with Gasteiger partial charge in [0, 0.05) is 25.0 Å². The van der Waals surface area contributed by atoms with Gasteiger partial charge in [-0.2, -0.15) is 0 Å². The van der Waals surface area contributed by atoms with Gasteiger partial charge < -0.3 is 14.6 Å². The third-order valence-electron chi connectivity index (χ3n) is 5.60. The largest absolute Gasteiger partial charge is 0.496 e. The lowest BCUT2D eigenvalue weighted by molar-refractivity contribution is 0.0765. The molecule has 0 saturated heterocycles. The first-order chi connectivity index (χ1) is 14.1. The molecule has 0 saturated carbocycles. The number of hydrogen-bond donors (Lipinski definition) is 1. The molecule has 0 fully saturated rings. The van der Waals surface area contributed by atoms with Crippen molar-refractivity contribution in [2.45, 2.75) is 19.1 Å². The molecule has 0 spiro atoms. The van der Waals surface area contributed by atoms with Gasteiger partial charge in [0.15, 0.2) is 0 Å². The lowest BCUT2D eigenvalue weighted by Crippen LogP contribution is -2.32. The summed E-state index contributed by atoms with van der Waals surface area (Å²) in [6.45, 7) is 1.02. The minimum absolute atomic E-state index is 0.0208. The van der Waals surface area contributed by atoms with E-state index in [1.165, 1.54) is 11.1 Å². The number of amides is 1. The number of pyridine rings is 1. The van der Waals surface area contributed by atoms with E-state index >= 15 is 0 Å². The number of rotatable bonds is 4. The summed E-state index contributed by atoms with van der Waals surface area (Å²) in [7, 11) is 3.67. The van der Waals surface area contributed by atoms with Crippen LogP contribution in [0.1, 0.15) is 27.2 Å². The van der Waals surface area contributed by atoms with E-state index in [9.17, 15) is 4.79 Å². The molecule has 6 heteroatoms. The summed E-state index contributed by atoms with van der Waals surface area (Å²) in [5, 5.41) is 1.99. The maximum atomic E-state index is 12.7. The highest BCUT2D eigenvalue weighted by Gasteiger charge is 2.29. The predicted molar refractivity (Wildman–Crippen MR) is 111 cm³/mol. The Morgan fingerprint density at radius 3 is 3.03 bits per heavy atom. The predicted octanol–water partition coefficient (Wildman–Crippen LogP) is 2.90. The molecule has 3 heterocycles. The van der Waals surface area contributed by atoms with Crippen LogP contribution in [0.25, 0.3) is 5.57 Å². The number of carbonyl (C=O) groups is 1. The number of methoxy groups -OCH3 is 1. The van der Waals surface area contributed by atoms with E-state index in [4.69, 9.17) is 4.74 Å². The van der Waals surface area contributed by atoms with Gasteiger partial charge in [-0.3, -0.25) is 9.78 Å². The van der Waals surface area contributed by atoms with Crippen LogP contribution in [0, 0.1) is 0 Å². The van der Waals surface area contributed by atoms with E-state index in [-0.39, 0.29) is 11.9 Å². The van der Waals surface area contributed by atoms with Gasteiger partial charge in [-0.25, -0.2) is 5.43 Å². The van der Waals surface area contributed by atoms with Crippen molar-refractivity contribution in [3.05, 3.63) is 88.9 Å². The summed E-state index contributed by atoms with van der Waals surface area (Å²) in [5.74, 6) is 0.804. The first-order valence-corrected chi connectivity index (χ1v) is 9.64. The molecule has 1 aromatic heterocycles. The first-order valence-electron chi connectivity index (χ1n) is 9.64. The summed E-state index contributed by atoms with van der Waals surface area (Å²) in [5.41, 5.74) is 9.41. The monoisotopic (exact) mass is 386 g/mol. The summed E-state index contributed by atoms with van der Waals surface area (Å²) in [6, 6.07) is 10.1. The van der Waals surface area contributed by atoms with Gasteiger partial charge in [0.2, 0.25) is 0 Å². The van der Waals surface area contributed by atoms with E-state index in [0.29, 0.717) is 18.7 Å². The van der Waals surface area contributed by atoms with E-state index in [1.807, 2.05) is 23.0 Å². The number of aromatic nitrogens is 1.